The van der Waals surface area contributed by atoms with Crippen molar-refractivity contribution in [3.05, 3.63) is 34.9 Å². The molecule has 0 unspecified atom stereocenters. The van der Waals surface area contributed by atoms with Gasteiger partial charge in [-0.3, -0.25) is 9.69 Å². The Kier molecular flexibility index (Phi) is 3.33. The fraction of sp³-hybridized carbons (Fsp3) is 0.571. The highest BCUT2D eigenvalue weighted by atomic mass is 16.6. The summed E-state index contributed by atoms with van der Waals surface area (Å²) < 4.78 is 17.8. The largest absolute Gasteiger partial charge is 0.493 e. The van der Waals surface area contributed by atoms with E-state index in [4.69, 9.17) is 14.2 Å². The first-order valence-electron chi connectivity index (χ1n) is 9.50. The standard InChI is InChI=1S/C21H25NO5/c1-11(23)26-19-15(24)10-13-14-9-12-5-6-16(25-4)18-17(12)21(13,7-8-22(14)3)20(19,2)27-18/h5-6,10,14-15,19,24H,7-9H2,1-4H3/t14-,15-,19+,20+,21+/m0/s1. The van der Waals surface area contributed by atoms with Crippen LogP contribution in [0.2, 0.25) is 0 Å². The molecule has 0 radical (unpaired) electrons. The average molecular weight is 371 g/mol. The van der Waals surface area contributed by atoms with Crippen LogP contribution in [0.3, 0.4) is 0 Å². The molecular weight excluding hydrogens is 346 g/mol. The summed E-state index contributed by atoms with van der Waals surface area (Å²) in [5.74, 6) is 1.00. The molecule has 1 fully saturated rings. The van der Waals surface area contributed by atoms with Crippen molar-refractivity contribution in [2.45, 2.75) is 56.0 Å². The van der Waals surface area contributed by atoms with Gasteiger partial charge in [-0.15, -0.1) is 0 Å². The number of aliphatic hydroxyl groups excluding tert-OH is 1. The van der Waals surface area contributed by atoms with Crippen LogP contribution in [0, 0.1) is 0 Å². The molecule has 1 spiro atoms. The number of carbonyl (C=O) groups excluding carboxylic acids is 1. The van der Waals surface area contributed by atoms with E-state index >= 15 is 0 Å². The quantitative estimate of drug-likeness (QED) is 0.629. The summed E-state index contributed by atoms with van der Waals surface area (Å²) in [6.07, 6.45) is 1.96. The molecule has 27 heavy (non-hydrogen) atoms. The summed E-state index contributed by atoms with van der Waals surface area (Å²) in [5.41, 5.74) is 2.30. The Morgan fingerprint density at radius 1 is 1.41 bits per heavy atom. The zero-order valence-corrected chi connectivity index (χ0v) is 16.1. The van der Waals surface area contributed by atoms with Crippen LogP contribution in [0.5, 0.6) is 11.5 Å². The van der Waals surface area contributed by atoms with Crippen LogP contribution in [-0.2, 0) is 21.4 Å². The molecule has 144 valence electrons. The van der Waals surface area contributed by atoms with Crippen molar-refractivity contribution in [2.75, 3.05) is 20.7 Å². The number of carbonyl (C=O) groups is 1. The van der Waals surface area contributed by atoms with Crippen molar-refractivity contribution in [1.29, 1.82) is 0 Å². The van der Waals surface area contributed by atoms with Gasteiger partial charge in [0.05, 0.1) is 12.5 Å². The average Bonchev–Trinajstić information content (AvgIpc) is 2.89. The van der Waals surface area contributed by atoms with E-state index in [9.17, 15) is 9.90 Å². The number of aliphatic hydroxyl groups is 1. The fourth-order valence-corrected chi connectivity index (χ4v) is 6.01. The Hall–Kier alpha value is -2.05. The first-order chi connectivity index (χ1) is 12.8. The second-order valence-electron chi connectivity index (χ2n) is 8.34. The summed E-state index contributed by atoms with van der Waals surface area (Å²) in [5, 5.41) is 10.9. The molecule has 0 saturated carbocycles. The predicted octanol–water partition coefficient (Wildman–Crippen LogP) is 1.58. The highest BCUT2D eigenvalue weighted by Gasteiger charge is 2.71. The van der Waals surface area contributed by atoms with Crippen LogP contribution in [-0.4, -0.2) is 60.5 Å². The van der Waals surface area contributed by atoms with E-state index in [2.05, 4.69) is 18.0 Å². The molecule has 5 atom stereocenters. The number of rotatable bonds is 2. The number of piperidine rings is 1. The lowest BCUT2D eigenvalue weighted by Crippen LogP contribution is -2.70. The van der Waals surface area contributed by atoms with Crippen LogP contribution in [0.25, 0.3) is 0 Å². The SMILES string of the molecule is COc1ccc2c3c1O[C@]1(C)[C@H](OC(C)=O)[C@@H](O)C=C4[C@H](C2)N(C)CC[C@@]431. The molecule has 2 bridgehead atoms. The minimum Gasteiger partial charge on any atom is -0.493 e. The maximum atomic E-state index is 11.8. The van der Waals surface area contributed by atoms with E-state index in [1.807, 2.05) is 19.1 Å². The molecule has 5 rings (SSSR count). The Morgan fingerprint density at radius 2 is 2.19 bits per heavy atom. The number of ether oxygens (including phenoxy) is 3. The molecule has 2 aliphatic carbocycles. The third-order valence-corrected chi connectivity index (χ3v) is 7.15. The lowest BCUT2D eigenvalue weighted by atomic mass is 9.51. The number of benzene rings is 1. The van der Waals surface area contributed by atoms with Crippen molar-refractivity contribution in [3.8, 4) is 11.5 Å². The molecule has 0 amide bonds. The van der Waals surface area contributed by atoms with Crippen LogP contribution < -0.4 is 9.47 Å². The number of hydrogen-bond acceptors (Lipinski definition) is 6. The minimum absolute atomic E-state index is 0.210. The van der Waals surface area contributed by atoms with E-state index in [1.165, 1.54) is 18.1 Å². The number of nitrogens with zero attached hydrogens (tertiary/aromatic N) is 1. The Balaban J connectivity index is 1.83. The maximum Gasteiger partial charge on any atom is 0.303 e. The Labute approximate surface area is 158 Å². The lowest BCUT2D eigenvalue weighted by Gasteiger charge is -2.59. The van der Waals surface area contributed by atoms with Gasteiger partial charge in [0.1, 0.15) is 6.10 Å². The van der Waals surface area contributed by atoms with E-state index in [0.717, 1.165) is 30.7 Å². The highest BCUT2D eigenvalue weighted by molar-refractivity contribution is 5.70. The van der Waals surface area contributed by atoms with Crippen LogP contribution in [0.1, 0.15) is 31.4 Å². The van der Waals surface area contributed by atoms with Gasteiger partial charge in [-0.2, -0.15) is 0 Å². The van der Waals surface area contributed by atoms with Gasteiger partial charge in [-0.05, 0) is 50.6 Å². The molecule has 2 heterocycles. The number of likely N-dealkylation sites (tertiary alicyclic amines) is 1. The third-order valence-electron chi connectivity index (χ3n) is 7.15. The molecule has 2 aliphatic heterocycles. The maximum absolute atomic E-state index is 11.8. The number of methoxy groups -OCH3 is 1. The van der Waals surface area contributed by atoms with Crippen LogP contribution >= 0.6 is 0 Å². The molecule has 6 nitrogen and oxygen atoms in total. The minimum atomic E-state index is -0.905. The predicted molar refractivity (Wildman–Crippen MR) is 98.1 cm³/mol. The molecule has 1 N–H and O–H groups in total. The van der Waals surface area contributed by atoms with Crippen LogP contribution in [0.15, 0.2) is 23.8 Å². The van der Waals surface area contributed by atoms with E-state index in [0.29, 0.717) is 5.75 Å². The van der Waals surface area contributed by atoms with Crippen molar-refractivity contribution in [3.63, 3.8) is 0 Å². The smallest absolute Gasteiger partial charge is 0.303 e. The van der Waals surface area contributed by atoms with Crippen molar-refractivity contribution in [2.24, 2.45) is 0 Å². The van der Waals surface area contributed by atoms with E-state index in [1.54, 1.807) is 7.11 Å². The van der Waals surface area contributed by atoms with Crippen molar-refractivity contribution in [1.82, 2.24) is 4.90 Å². The summed E-state index contributed by atoms with van der Waals surface area (Å²) in [6, 6.07) is 4.29. The lowest BCUT2D eigenvalue weighted by molar-refractivity contribution is -0.178. The van der Waals surface area contributed by atoms with Crippen LogP contribution in [0.4, 0.5) is 0 Å². The van der Waals surface area contributed by atoms with Crippen molar-refractivity contribution < 1.29 is 24.1 Å². The number of likely N-dealkylation sites (N-methyl/N-ethyl adjacent to an activating group) is 1. The van der Waals surface area contributed by atoms with Gasteiger partial charge >= 0.3 is 5.97 Å². The van der Waals surface area contributed by atoms with Gasteiger partial charge < -0.3 is 19.3 Å². The zero-order chi connectivity index (χ0) is 19.1. The monoisotopic (exact) mass is 371 g/mol. The van der Waals surface area contributed by atoms with Gasteiger partial charge in [0.15, 0.2) is 23.2 Å². The fourth-order valence-electron chi connectivity index (χ4n) is 6.01. The highest BCUT2D eigenvalue weighted by Crippen LogP contribution is 2.66. The summed E-state index contributed by atoms with van der Waals surface area (Å²) in [4.78, 5) is 14.2. The van der Waals surface area contributed by atoms with E-state index in [-0.39, 0.29) is 6.04 Å². The first-order valence-corrected chi connectivity index (χ1v) is 9.50. The van der Waals surface area contributed by atoms with Gasteiger partial charge in [0, 0.05) is 18.5 Å². The molecule has 6 heteroatoms. The molecule has 1 saturated heterocycles. The number of esters is 1. The van der Waals surface area contributed by atoms with Gasteiger partial charge in [0.2, 0.25) is 0 Å². The molecule has 1 aromatic carbocycles. The Morgan fingerprint density at radius 3 is 2.89 bits per heavy atom. The zero-order valence-electron chi connectivity index (χ0n) is 16.1. The Bertz CT molecular complexity index is 880. The second kappa shape index (κ2) is 5.26. The second-order valence-corrected chi connectivity index (χ2v) is 8.34. The molecule has 1 aromatic rings. The molecule has 0 aromatic heterocycles. The first kappa shape index (κ1) is 17.1. The van der Waals surface area contributed by atoms with Gasteiger partial charge in [-0.25, -0.2) is 0 Å². The summed E-state index contributed by atoms with van der Waals surface area (Å²) in [6.45, 7) is 4.27. The topological polar surface area (TPSA) is 68.2 Å². The van der Waals surface area contributed by atoms with Crippen molar-refractivity contribution >= 4 is 5.97 Å². The molecule has 4 aliphatic rings. The van der Waals surface area contributed by atoms with Gasteiger partial charge in [-0.1, -0.05) is 12.1 Å². The van der Waals surface area contributed by atoms with E-state index < -0.39 is 29.2 Å². The third kappa shape index (κ3) is 1.85. The summed E-state index contributed by atoms with van der Waals surface area (Å²) in [7, 11) is 3.77. The van der Waals surface area contributed by atoms with Gasteiger partial charge in [0.25, 0.3) is 0 Å². The summed E-state index contributed by atoms with van der Waals surface area (Å²) >= 11 is 0. The number of hydrogen-bond donors (Lipinski definition) is 1. The molecular formula is C21H25NO5. The normalized spacial score (nSPS) is 38.6.